The van der Waals surface area contributed by atoms with Gasteiger partial charge in [0.1, 0.15) is 0 Å². The van der Waals surface area contributed by atoms with Gasteiger partial charge in [-0.25, -0.2) is 0 Å². The molecule has 0 spiro atoms. The number of nitrogens with one attached hydrogen (secondary N) is 1. The molecule has 0 heterocycles. The largest absolute Gasteiger partial charge is 0.481 e. The van der Waals surface area contributed by atoms with Crippen LogP contribution in [0.3, 0.4) is 0 Å². The Morgan fingerprint density at radius 1 is 1.33 bits per heavy atom. The van der Waals surface area contributed by atoms with Crippen LogP contribution in [0.5, 0.6) is 0 Å². The number of carboxylic acids is 1. The molecule has 96 valence electrons. The summed E-state index contributed by atoms with van der Waals surface area (Å²) in [4.78, 5) is 23.0. The van der Waals surface area contributed by atoms with Gasteiger partial charge in [-0.05, 0) is 23.6 Å². The number of carbonyl (C=O) groups excluding carboxylic acids is 1. The fraction of sp³-hybridized carbons (Fsp3) is 0.385. The molecule has 18 heavy (non-hydrogen) atoms. The monoisotopic (exact) mass is 311 g/mol. The number of hydrogen-bond acceptors (Lipinski definition) is 2. The van der Waals surface area contributed by atoms with Crippen LogP contribution in [0, 0.1) is 17.3 Å². The van der Waals surface area contributed by atoms with Gasteiger partial charge in [-0.15, -0.1) is 0 Å². The summed E-state index contributed by atoms with van der Waals surface area (Å²) in [5.74, 6) is -2.20. The lowest BCUT2D eigenvalue weighted by atomic mass is 10.1. The zero-order valence-corrected chi connectivity index (χ0v) is 11.7. The fourth-order valence-corrected chi connectivity index (χ4v) is 2.77. The van der Waals surface area contributed by atoms with Crippen molar-refractivity contribution in [1.82, 2.24) is 0 Å². The predicted molar refractivity (Wildman–Crippen MR) is 71.2 cm³/mol. The highest BCUT2D eigenvalue weighted by Crippen LogP contribution is 2.58. The first-order chi connectivity index (χ1) is 8.34. The highest BCUT2D eigenvalue weighted by Gasteiger charge is 2.65. The van der Waals surface area contributed by atoms with Crippen molar-refractivity contribution < 1.29 is 14.7 Å². The van der Waals surface area contributed by atoms with Crippen molar-refractivity contribution in [3.05, 3.63) is 28.7 Å². The second-order valence-corrected chi connectivity index (χ2v) is 6.03. The van der Waals surface area contributed by atoms with Crippen molar-refractivity contribution in [3.63, 3.8) is 0 Å². The smallest absolute Gasteiger partial charge is 0.307 e. The predicted octanol–water partition coefficient (Wildman–Crippen LogP) is 2.74. The number of aliphatic carboxylic acids is 1. The van der Waals surface area contributed by atoms with Gasteiger partial charge in [-0.2, -0.15) is 0 Å². The van der Waals surface area contributed by atoms with Gasteiger partial charge in [0.05, 0.1) is 11.8 Å². The molecule has 0 aromatic heterocycles. The van der Waals surface area contributed by atoms with E-state index >= 15 is 0 Å². The maximum absolute atomic E-state index is 12.0. The molecular formula is C13H14BrNO3. The molecule has 5 heteroatoms. The molecule has 1 aromatic carbocycles. The molecule has 2 atom stereocenters. The summed E-state index contributed by atoms with van der Waals surface area (Å²) < 4.78 is 0.866. The number of rotatable bonds is 3. The Balaban J connectivity index is 2.08. The quantitative estimate of drug-likeness (QED) is 0.902. The lowest BCUT2D eigenvalue weighted by molar-refractivity contribution is -0.140. The summed E-state index contributed by atoms with van der Waals surface area (Å²) in [7, 11) is 0. The molecular weight excluding hydrogens is 298 g/mol. The van der Waals surface area contributed by atoms with E-state index in [1.165, 1.54) is 0 Å². The number of halogens is 1. The fourth-order valence-electron chi connectivity index (χ4n) is 2.37. The number of anilines is 1. The van der Waals surface area contributed by atoms with Crippen LogP contribution in [0.25, 0.3) is 0 Å². The first kappa shape index (κ1) is 13.1. The highest BCUT2D eigenvalue weighted by molar-refractivity contribution is 9.10. The summed E-state index contributed by atoms with van der Waals surface area (Å²) in [6, 6.07) is 7.22. The molecule has 2 N–H and O–H groups in total. The van der Waals surface area contributed by atoms with Crippen molar-refractivity contribution in [3.8, 4) is 0 Å². The third kappa shape index (κ3) is 2.27. The number of benzene rings is 1. The first-order valence-electron chi connectivity index (χ1n) is 5.63. The molecule has 1 saturated carbocycles. The maximum Gasteiger partial charge on any atom is 0.307 e. The number of carbonyl (C=O) groups is 2. The molecule has 1 aliphatic rings. The second-order valence-electron chi connectivity index (χ2n) is 5.11. The highest BCUT2D eigenvalue weighted by atomic mass is 79.9. The number of amides is 1. The van der Waals surface area contributed by atoms with Gasteiger partial charge in [0.2, 0.25) is 5.91 Å². The van der Waals surface area contributed by atoms with Gasteiger partial charge in [0.15, 0.2) is 0 Å². The molecule has 0 radical (unpaired) electrons. The van der Waals surface area contributed by atoms with Crippen LogP contribution in [-0.2, 0) is 9.59 Å². The molecule has 0 aliphatic heterocycles. The summed E-state index contributed by atoms with van der Waals surface area (Å²) in [6.07, 6.45) is 0. The van der Waals surface area contributed by atoms with E-state index in [2.05, 4.69) is 21.2 Å². The number of carboxylic acid groups (broad SMARTS) is 1. The van der Waals surface area contributed by atoms with Gasteiger partial charge in [-0.1, -0.05) is 35.8 Å². The standard InChI is InChI=1S/C13H14BrNO3/c1-13(2)9(10(13)12(17)18)11(16)15-8-5-3-4-7(14)6-8/h3-6,9-10H,1-2H3,(H,15,16)(H,17,18)/t9-,10+/m1/s1. The third-order valence-corrected chi connectivity index (χ3v) is 3.96. The Kier molecular flexibility index (Phi) is 3.19. The van der Waals surface area contributed by atoms with Crippen molar-refractivity contribution in [2.24, 2.45) is 17.3 Å². The van der Waals surface area contributed by atoms with Crippen LogP contribution in [0.4, 0.5) is 5.69 Å². The Morgan fingerprint density at radius 3 is 2.50 bits per heavy atom. The van der Waals surface area contributed by atoms with Crippen molar-refractivity contribution in [2.75, 3.05) is 5.32 Å². The van der Waals surface area contributed by atoms with Gasteiger partial charge < -0.3 is 10.4 Å². The van der Waals surface area contributed by atoms with E-state index in [4.69, 9.17) is 5.11 Å². The lowest BCUT2D eigenvalue weighted by Crippen LogP contribution is -2.17. The average molecular weight is 312 g/mol. The van der Waals surface area contributed by atoms with Crippen LogP contribution in [-0.4, -0.2) is 17.0 Å². The third-order valence-electron chi connectivity index (χ3n) is 3.47. The van der Waals surface area contributed by atoms with Crippen molar-refractivity contribution in [2.45, 2.75) is 13.8 Å². The molecule has 1 aliphatic carbocycles. The minimum Gasteiger partial charge on any atom is -0.481 e. The molecule has 0 saturated heterocycles. The van der Waals surface area contributed by atoms with E-state index in [1.54, 1.807) is 26.0 Å². The Labute approximate surface area is 114 Å². The summed E-state index contributed by atoms with van der Waals surface area (Å²) in [5.41, 5.74) is 0.197. The van der Waals surface area contributed by atoms with Gasteiger partial charge in [0.25, 0.3) is 0 Å². The molecule has 0 unspecified atom stereocenters. The molecule has 2 rings (SSSR count). The van der Waals surface area contributed by atoms with Crippen LogP contribution in [0.2, 0.25) is 0 Å². The van der Waals surface area contributed by atoms with E-state index in [0.29, 0.717) is 5.69 Å². The van der Waals surface area contributed by atoms with E-state index in [0.717, 1.165) is 4.47 Å². The SMILES string of the molecule is CC1(C)[C@H](C(=O)O)[C@@H]1C(=O)Nc1cccc(Br)c1. The Bertz CT molecular complexity index is 513. The van der Waals surface area contributed by atoms with E-state index in [9.17, 15) is 9.59 Å². The van der Waals surface area contributed by atoms with Crippen LogP contribution in [0.15, 0.2) is 28.7 Å². The lowest BCUT2D eigenvalue weighted by Gasteiger charge is -2.06. The summed E-state index contributed by atoms with van der Waals surface area (Å²) >= 11 is 3.32. The molecule has 1 amide bonds. The minimum absolute atomic E-state index is 0.231. The minimum atomic E-state index is -0.908. The van der Waals surface area contributed by atoms with E-state index < -0.39 is 23.2 Å². The Hall–Kier alpha value is -1.36. The average Bonchev–Trinajstić information content (AvgIpc) is 2.81. The van der Waals surface area contributed by atoms with Gasteiger partial charge in [-0.3, -0.25) is 9.59 Å². The number of hydrogen-bond donors (Lipinski definition) is 2. The van der Waals surface area contributed by atoms with Crippen molar-refractivity contribution in [1.29, 1.82) is 0 Å². The maximum atomic E-state index is 12.0. The second kappa shape index (κ2) is 4.39. The zero-order chi connectivity index (χ0) is 13.5. The van der Waals surface area contributed by atoms with Crippen LogP contribution >= 0.6 is 15.9 Å². The topological polar surface area (TPSA) is 66.4 Å². The summed E-state index contributed by atoms with van der Waals surface area (Å²) in [6.45, 7) is 3.61. The molecule has 1 aromatic rings. The molecule has 4 nitrogen and oxygen atoms in total. The van der Waals surface area contributed by atoms with Crippen molar-refractivity contribution >= 4 is 33.5 Å². The molecule has 0 bridgehead atoms. The van der Waals surface area contributed by atoms with E-state index in [1.807, 2.05) is 12.1 Å². The van der Waals surface area contributed by atoms with Crippen LogP contribution < -0.4 is 5.32 Å². The first-order valence-corrected chi connectivity index (χ1v) is 6.42. The normalized spacial score (nSPS) is 24.4. The van der Waals surface area contributed by atoms with Crippen LogP contribution in [0.1, 0.15) is 13.8 Å². The molecule has 1 fully saturated rings. The Morgan fingerprint density at radius 2 is 2.00 bits per heavy atom. The van der Waals surface area contributed by atoms with E-state index in [-0.39, 0.29) is 5.91 Å². The van der Waals surface area contributed by atoms with Gasteiger partial charge in [0, 0.05) is 10.2 Å². The summed E-state index contributed by atoms with van der Waals surface area (Å²) in [5, 5.41) is 11.8. The van der Waals surface area contributed by atoms with Gasteiger partial charge >= 0.3 is 5.97 Å². The zero-order valence-electron chi connectivity index (χ0n) is 10.1.